The zero-order chi connectivity index (χ0) is 13.7. The largest absolute Gasteiger partial charge is 0.466 e. The van der Waals surface area contributed by atoms with E-state index in [1.54, 1.807) is 6.92 Å². The molecule has 6 nitrogen and oxygen atoms in total. The van der Waals surface area contributed by atoms with Crippen LogP contribution in [0.25, 0.3) is 0 Å². The highest BCUT2D eigenvalue weighted by atomic mass is 16.5. The van der Waals surface area contributed by atoms with E-state index >= 15 is 0 Å². The van der Waals surface area contributed by atoms with Crippen molar-refractivity contribution < 1.29 is 19.1 Å². The van der Waals surface area contributed by atoms with Crippen LogP contribution in [0, 0.1) is 0 Å². The van der Waals surface area contributed by atoms with Crippen molar-refractivity contribution in [3.8, 4) is 0 Å². The molecule has 1 saturated heterocycles. The molecular weight excluding hydrogens is 236 g/mol. The van der Waals surface area contributed by atoms with Gasteiger partial charge in [0.05, 0.1) is 25.1 Å². The molecule has 102 valence electrons. The topological polar surface area (TPSA) is 89.7 Å². The molecule has 0 radical (unpaired) electrons. The number of amides is 1. The van der Waals surface area contributed by atoms with Crippen molar-refractivity contribution in [2.75, 3.05) is 13.2 Å². The Morgan fingerprint density at radius 2 is 2.11 bits per heavy atom. The molecule has 0 aromatic heterocycles. The normalized spacial score (nSPS) is 20.6. The molecule has 1 aliphatic heterocycles. The third-order valence-electron chi connectivity index (χ3n) is 3.01. The maximum atomic E-state index is 12.0. The number of ketones is 1. The van der Waals surface area contributed by atoms with Crippen LogP contribution >= 0.6 is 0 Å². The smallest absolute Gasteiger partial charge is 0.307 e. The van der Waals surface area contributed by atoms with Gasteiger partial charge in [0.15, 0.2) is 5.78 Å². The Bertz CT molecular complexity index is 343. The van der Waals surface area contributed by atoms with Gasteiger partial charge in [0.25, 0.3) is 0 Å². The van der Waals surface area contributed by atoms with Crippen molar-refractivity contribution in [3.05, 3.63) is 0 Å². The van der Waals surface area contributed by atoms with Gasteiger partial charge in [-0.25, -0.2) is 0 Å². The number of nitrogens with zero attached hydrogens (tertiary/aromatic N) is 1. The van der Waals surface area contributed by atoms with E-state index < -0.39 is 12.0 Å². The van der Waals surface area contributed by atoms with Crippen molar-refractivity contribution in [3.63, 3.8) is 0 Å². The zero-order valence-corrected chi connectivity index (χ0v) is 10.8. The molecule has 1 amide bonds. The fraction of sp³-hybridized carbons (Fsp3) is 0.750. The summed E-state index contributed by atoms with van der Waals surface area (Å²) in [5, 5.41) is 0. The highest BCUT2D eigenvalue weighted by Crippen LogP contribution is 2.19. The lowest BCUT2D eigenvalue weighted by Crippen LogP contribution is -2.48. The average Bonchev–Trinajstić information content (AvgIpc) is 2.76. The standard InChI is InChI=1S/C12H20N2O4/c1-3-18-11(16)7-9(13)12(17)14-6-4-5-10(14)8(2)15/h9-10H,3-7,13H2,1-2H3/t9-,10+/m0/s1. The lowest BCUT2D eigenvalue weighted by molar-refractivity contribution is -0.147. The third-order valence-corrected chi connectivity index (χ3v) is 3.01. The minimum Gasteiger partial charge on any atom is -0.466 e. The molecule has 0 aromatic rings. The Labute approximate surface area is 106 Å². The molecule has 6 heteroatoms. The summed E-state index contributed by atoms with van der Waals surface area (Å²) in [4.78, 5) is 36.1. The molecular formula is C12H20N2O4. The summed E-state index contributed by atoms with van der Waals surface area (Å²) in [6.07, 6.45) is 1.32. The van der Waals surface area contributed by atoms with E-state index in [1.807, 2.05) is 0 Å². The zero-order valence-electron chi connectivity index (χ0n) is 10.8. The van der Waals surface area contributed by atoms with E-state index in [1.165, 1.54) is 11.8 Å². The fourth-order valence-corrected chi connectivity index (χ4v) is 2.15. The molecule has 2 N–H and O–H groups in total. The average molecular weight is 256 g/mol. The summed E-state index contributed by atoms with van der Waals surface area (Å²) in [7, 11) is 0. The van der Waals surface area contributed by atoms with Gasteiger partial charge < -0.3 is 15.4 Å². The number of nitrogens with two attached hydrogens (primary N) is 1. The van der Waals surface area contributed by atoms with Crippen LogP contribution in [0.2, 0.25) is 0 Å². The summed E-state index contributed by atoms with van der Waals surface area (Å²) >= 11 is 0. The first-order chi connectivity index (χ1) is 8.47. The first kappa shape index (κ1) is 14.6. The van der Waals surface area contributed by atoms with Crippen molar-refractivity contribution in [2.24, 2.45) is 5.73 Å². The van der Waals surface area contributed by atoms with Crippen LogP contribution in [-0.4, -0.2) is 47.8 Å². The quantitative estimate of drug-likeness (QED) is 0.691. The summed E-state index contributed by atoms with van der Waals surface area (Å²) in [6.45, 7) is 3.95. The first-order valence-corrected chi connectivity index (χ1v) is 6.19. The summed E-state index contributed by atoms with van der Waals surface area (Å²) < 4.78 is 4.74. The minimum absolute atomic E-state index is 0.0378. The number of esters is 1. The Hall–Kier alpha value is -1.43. The first-order valence-electron chi connectivity index (χ1n) is 6.19. The van der Waals surface area contributed by atoms with E-state index in [2.05, 4.69) is 0 Å². The highest BCUT2D eigenvalue weighted by Gasteiger charge is 2.34. The van der Waals surface area contributed by atoms with Crippen molar-refractivity contribution in [2.45, 2.75) is 45.2 Å². The maximum Gasteiger partial charge on any atom is 0.307 e. The molecule has 0 spiro atoms. The lowest BCUT2D eigenvalue weighted by Gasteiger charge is -2.25. The van der Waals surface area contributed by atoms with Gasteiger partial charge in [-0.15, -0.1) is 0 Å². The van der Waals surface area contributed by atoms with Crippen LogP contribution in [0.15, 0.2) is 0 Å². The molecule has 0 saturated carbocycles. The molecule has 0 bridgehead atoms. The number of ether oxygens (including phenoxy) is 1. The van der Waals surface area contributed by atoms with Gasteiger partial charge in [0, 0.05) is 6.54 Å². The van der Waals surface area contributed by atoms with E-state index in [4.69, 9.17) is 10.5 Å². The predicted octanol–water partition coefficient (Wildman–Crippen LogP) is -0.153. The van der Waals surface area contributed by atoms with Gasteiger partial charge in [-0.2, -0.15) is 0 Å². The van der Waals surface area contributed by atoms with Crippen molar-refractivity contribution in [1.82, 2.24) is 4.90 Å². The number of Topliss-reactive ketones (excluding diaryl/α,β-unsaturated/α-hetero) is 1. The molecule has 0 aliphatic carbocycles. The second-order valence-corrected chi connectivity index (χ2v) is 4.42. The van der Waals surface area contributed by atoms with Crippen molar-refractivity contribution >= 4 is 17.7 Å². The highest BCUT2D eigenvalue weighted by molar-refractivity contribution is 5.92. The molecule has 2 atom stereocenters. The van der Waals surface area contributed by atoms with E-state index in [0.717, 1.165) is 6.42 Å². The summed E-state index contributed by atoms with van der Waals surface area (Å²) in [6, 6.07) is -1.31. The summed E-state index contributed by atoms with van der Waals surface area (Å²) in [5.41, 5.74) is 5.69. The molecule has 1 rings (SSSR count). The Morgan fingerprint density at radius 3 is 2.67 bits per heavy atom. The van der Waals surface area contributed by atoms with E-state index in [-0.39, 0.29) is 30.8 Å². The number of rotatable bonds is 5. The third kappa shape index (κ3) is 3.53. The minimum atomic E-state index is -0.927. The summed E-state index contributed by atoms with van der Waals surface area (Å²) in [5.74, 6) is -0.873. The SMILES string of the molecule is CCOC(=O)C[C@H](N)C(=O)N1CCC[C@@H]1C(C)=O. The number of likely N-dealkylation sites (tertiary alicyclic amines) is 1. The molecule has 1 fully saturated rings. The van der Waals surface area contributed by atoms with Crippen LogP contribution in [0.1, 0.15) is 33.1 Å². The van der Waals surface area contributed by atoms with Crippen LogP contribution in [0.4, 0.5) is 0 Å². The van der Waals surface area contributed by atoms with E-state index in [0.29, 0.717) is 13.0 Å². The van der Waals surface area contributed by atoms with Gasteiger partial charge in [-0.05, 0) is 26.7 Å². The molecule has 0 aromatic carbocycles. The number of hydrogen-bond donors (Lipinski definition) is 1. The lowest BCUT2D eigenvalue weighted by atomic mass is 10.1. The van der Waals surface area contributed by atoms with Crippen LogP contribution in [-0.2, 0) is 19.1 Å². The second-order valence-electron chi connectivity index (χ2n) is 4.42. The monoisotopic (exact) mass is 256 g/mol. The van der Waals surface area contributed by atoms with Gasteiger partial charge >= 0.3 is 5.97 Å². The Morgan fingerprint density at radius 1 is 1.44 bits per heavy atom. The molecule has 0 unspecified atom stereocenters. The molecule has 18 heavy (non-hydrogen) atoms. The Kier molecular flexibility index (Phi) is 5.27. The van der Waals surface area contributed by atoms with Crippen LogP contribution in [0.5, 0.6) is 0 Å². The van der Waals surface area contributed by atoms with Gasteiger partial charge in [0.2, 0.25) is 5.91 Å². The van der Waals surface area contributed by atoms with E-state index in [9.17, 15) is 14.4 Å². The fourth-order valence-electron chi connectivity index (χ4n) is 2.15. The van der Waals surface area contributed by atoms with Gasteiger partial charge in [-0.3, -0.25) is 14.4 Å². The number of carbonyl (C=O) groups is 3. The molecule has 1 aliphatic rings. The Balaban J connectivity index is 2.57. The van der Waals surface area contributed by atoms with Crippen molar-refractivity contribution in [1.29, 1.82) is 0 Å². The van der Waals surface area contributed by atoms with Gasteiger partial charge in [-0.1, -0.05) is 0 Å². The number of carbonyl (C=O) groups excluding carboxylic acids is 3. The van der Waals surface area contributed by atoms with Gasteiger partial charge in [0.1, 0.15) is 0 Å². The van der Waals surface area contributed by atoms with Crippen LogP contribution < -0.4 is 5.73 Å². The predicted molar refractivity (Wildman–Crippen MR) is 64.6 cm³/mol. The number of hydrogen-bond acceptors (Lipinski definition) is 5. The molecule has 1 heterocycles. The second kappa shape index (κ2) is 6.49. The maximum absolute atomic E-state index is 12.0. The van der Waals surface area contributed by atoms with Crippen LogP contribution in [0.3, 0.4) is 0 Å².